The average molecular weight is 351 g/mol. The topological polar surface area (TPSA) is 48.7 Å². The van der Waals surface area contributed by atoms with Gasteiger partial charge in [0.1, 0.15) is 5.75 Å². The van der Waals surface area contributed by atoms with E-state index in [1.54, 1.807) is 23.2 Å². The van der Waals surface area contributed by atoms with Crippen LogP contribution in [-0.2, 0) is 0 Å². The fraction of sp³-hybridized carbons (Fsp3) is 0.273. The highest BCUT2D eigenvalue weighted by Gasteiger charge is 2.29. The van der Waals surface area contributed by atoms with Crippen molar-refractivity contribution in [2.45, 2.75) is 12.5 Å². The van der Waals surface area contributed by atoms with E-state index in [1.807, 2.05) is 0 Å². The van der Waals surface area contributed by atoms with Gasteiger partial charge in [-0.3, -0.25) is 5.41 Å². The fourth-order valence-corrected chi connectivity index (χ4v) is 2.44. The standard InChI is InChI=1S/C11H10BrCl2N3O/c12-6-16-17-2-1-10(11(17)15)18-9-4-7(13)3-8(14)5-9/h3-6,10,15H,1-2H2/b15-11?,16-6+. The van der Waals surface area contributed by atoms with Crippen LogP contribution in [0.25, 0.3) is 0 Å². The minimum atomic E-state index is -0.323. The normalized spacial score (nSPS) is 19.8. The second-order valence-corrected chi connectivity index (χ2v) is 5.00. The molecule has 1 aliphatic rings. The van der Waals surface area contributed by atoms with Gasteiger partial charge in [-0.15, -0.1) is 0 Å². The molecule has 2 rings (SSSR count). The first-order valence-electron chi connectivity index (χ1n) is 5.21. The van der Waals surface area contributed by atoms with Crippen molar-refractivity contribution in [1.82, 2.24) is 5.01 Å². The zero-order valence-corrected chi connectivity index (χ0v) is 12.3. The van der Waals surface area contributed by atoms with E-state index in [-0.39, 0.29) is 6.10 Å². The van der Waals surface area contributed by atoms with Gasteiger partial charge in [-0.2, -0.15) is 5.10 Å². The Hall–Kier alpha value is -0.780. The number of benzene rings is 1. The highest BCUT2D eigenvalue weighted by molar-refractivity contribution is 9.17. The molecule has 1 fully saturated rings. The summed E-state index contributed by atoms with van der Waals surface area (Å²) < 4.78 is 5.70. The molecular weight excluding hydrogens is 341 g/mol. The van der Waals surface area contributed by atoms with Crippen molar-refractivity contribution in [3.63, 3.8) is 0 Å². The van der Waals surface area contributed by atoms with Gasteiger partial charge < -0.3 is 4.74 Å². The van der Waals surface area contributed by atoms with Gasteiger partial charge in [0.2, 0.25) is 0 Å². The predicted octanol–water partition coefficient (Wildman–Crippen LogP) is 3.76. The Morgan fingerprint density at radius 1 is 1.39 bits per heavy atom. The molecule has 1 aliphatic heterocycles. The Labute approximate surface area is 123 Å². The van der Waals surface area contributed by atoms with Crippen molar-refractivity contribution in [3.05, 3.63) is 28.2 Å². The Morgan fingerprint density at radius 3 is 2.67 bits per heavy atom. The predicted molar refractivity (Wildman–Crippen MR) is 77.3 cm³/mol. The number of amidine groups is 1. The molecule has 0 spiro atoms. The molecule has 96 valence electrons. The van der Waals surface area contributed by atoms with Crippen LogP contribution in [0.15, 0.2) is 23.3 Å². The smallest absolute Gasteiger partial charge is 0.159 e. The minimum absolute atomic E-state index is 0.321. The first kappa shape index (κ1) is 13.6. The number of rotatable bonds is 3. The Balaban J connectivity index is 2.08. The molecule has 0 saturated carbocycles. The molecule has 1 unspecified atom stereocenters. The van der Waals surface area contributed by atoms with E-state index in [1.165, 1.54) is 5.12 Å². The third-order valence-corrected chi connectivity index (χ3v) is 3.10. The summed E-state index contributed by atoms with van der Waals surface area (Å²) in [5.41, 5.74) is 0. The first-order valence-corrected chi connectivity index (χ1v) is 6.88. The maximum Gasteiger partial charge on any atom is 0.159 e. The van der Waals surface area contributed by atoms with E-state index in [2.05, 4.69) is 21.0 Å². The van der Waals surface area contributed by atoms with Crippen LogP contribution in [0, 0.1) is 5.41 Å². The van der Waals surface area contributed by atoms with Crippen LogP contribution < -0.4 is 4.74 Å². The van der Waals surface area contributed by atoms with E-state index in [0.717, 1.165) is 0 Å². The number of hydrogen-bond donors (Lipinski definition) is 1. The number of nitrogens with one attached hydrogen (secondary N) is 1. The molecule has 1 aromatic rings. The monoisotopic (exact) mass is 349 g/mol. The summed E-state index contributed by atoms with van der Waals surface area (Å²) in [6.07, 6.45) is 0.378. The molecule has 1 N–H and O–H groups in total. The van der Waals surface area contributed by atoms with Gasteiger partial charge in [-0.1, -0.05) is 23.2 Å². The average Bonchev–Trinajstić information content (AvgIpc) is 2.61. The first-order chi connectivity index (χ1) is 8.60. The minimum Gasteiger partial charge on any atom is -0.482 e. The lowest BCUT2D eigenvalue weighted by Crippen LogP contribution is -2.28. The molecule has 0 amide bonds. The van der Waals surface area contributed by atoms with Crippen LogP contribution >= 0.6 is 39.1 Å². The van der Waals surface area contributed by atoms with E-state index in [4.69, 9.17) is 33.3 Å². The van der Waals surface area contributed by atoms with E-state index >= 15 is 0 Å². The Morgan fingerprint density at radius 2 is 2.06 bits per heavy atom. The van der Waals surface area contributed by atoms with Crippen LogP contribution in [0.4, 0.5) is 0 Å². The van der Waals surface area contributed by atoms with E-state index < -0.39 is 0 Å². The van der Waals surface area contributed by atoms with Crippen molar-refractivity contribution in [3.8, 4) is 5.75 Å². The zero-order valence-electron chi connectivity index (χ0n) is 9.24. The highest BCUT2D eigenvalue weighted by atomic mass is 79.9. The highest BCUT2D eigenvalue weighted by Crippen LogP contribution is 2.27. The molecule has 1 atom stereocenters. The summed E-state index contributed by atoms with van der Waals surface area (Å²) >= 11 is 14.9. The maximum absolute atomic E-state index is 7.92. The van der Waals surface area contributed by atoms with Gasteiger partial charge in [0.25, 0.3) is 0 Å². The molecule has 4 nitrogen and oxygen atoms in total. The van der Waals surface area contributed by atoms with E-state index in [9.17, 15) is 0 Å². The molecule has 7 heteroatoms. The summed E-state index contributed by atoms with van der Waals surface area (Å²) in [5.74, 6) is 0.883. The van der Waals surface area contributed by atoms with Crippen molar-refractivity contribution < 1.29 is 4.74 Å². The lowest BCUT2D eigenvalue weighted by atomic mass is 10.3. The van der Waals surface area contributed by atoms with Gasteiger partial charge in [-0.05, 0) is 34.1 Å². The molecule has 18 heavy (non-hydrogen) atoms. The van der Waals surface area contributed by atoms with Crippen LogP contribution in [-0.4, -0.2) is 28.6 Å². The van der Waals surface area contributed by atoms with E-state index in [0.29, 0.717) is 34.6 Å². The van der Waals surface area contributed by atoms with Gasteiger partial charge in [0.15, 0.2) is 11.9 Å². The molecule has 0 aliphatic carbocycles. The van der Waals surface area contributed by atoms with Crippen molar-refractivity contribution in [2.75, 3.05) is 6.54 Å². The lowest BCUT2D eigenvalue weighted by Gasteiger charge is -2.15. The summed E-state index contributed by atoms with van der Waals surface area (Å²) in [6.45, 7) is 0.653. The maximum atomic E-state index is 7.92. The van der Waals surface area contributed by atoms with Gasteiger partial charge in [0, 0.05) is 23.0 Å². The number of ether oxygens (including phenoxy) is 1. The summed E-state index contributed by atoms with van der Waals surface area (Å²) in [5, 5.41) is 16.0. The number of hydrogen-bond acceptors (Lipinski definition) is 3. The summed E-state index contributed by atoms with van der Waals surface area (Å²) in [6, 6.07) is 4.99. The molecule has 1 aromatic carbocycles. The quantitative estimate of drug-likeness (QED) is 0.843. The molecule has 0 radical (unpaired) electrons. The largest absolute Gasteiger partial charge is 0.482 e. The second kappa shape index (κ2) is 5.91. The van der Waals surface area contributed by atoms with Crippen molar-refractivity contribution in [2.24, 2.45) is 5.10 Å². The third-order valence-electron chi connectivity index (χ3n) is 2.48. The van der Waals surface area contributed by atoms with Gasteiger partial charge in [-0.25, -0.2) is 5.01 Å². The zero-order chi connectivity index (χ0) is 13.1. The summed E-state index contributed by atoms with van der Waals surface area (Å²) in [4.78, 5) is 0. The van der Waals surface area contributed by atoms with Crippen LogP contribution in [0.1, 0.15) is 6.42 Å². The molecule has 0 bridgehead atoms. The fourth-order valence-electron chi connectivity index (χ4n) is 1.71. The molecule has 1 saturated heterocycles. The number of halogens is 3. The van der Waals surface area contributed by atoms with Crippen molar-refractivity contribution in [1.29, 1.82) is 5.41 Å². The second-order valence-electron chi connectivity index (χ2n) is 3.72. The van der Waals surface area contributed by atoms with Crippen LogP contribution in [0.5, 0.6) is 5.75 Å². The Kier molecular flexibility index (Phi) is 4.48. The molecule has 1 heterocycles. The van der Waals surface area contributed by atoms with Gasteiger partial charge >= 0.3 is 0 Å². The lowest BCUT2D eigenvalue weighted by molar-refractivity contribution is 0.270. The molecule has 0 aromatic heterocycles. The number of hydrazone groups is 1. The van der Waals surface area contributed by atoms with Crippen molar-refractivity contribution >= 4 is 50.1 Å². The van der Waals surface area contributed by atoms with Crippen LogP contribution in [0.2, 0.25) is 10.0 Å². The number of nitrogens with zero attached hydrogens (tertiary/aromatic N) is 2. The third kappa shape index (κ3) is 3.16. The molecular formula is C11H10BrCl2N3O. The van der Waals surface area contributed by atoms with Crippen LogP contribution in [0.3, 0.4) is 0 Å². The Bertz CT molecular complexity index is 475. The SMILES string of the molecule is N=C1C(Oc2cc(Cl)cc(Cl)c2)CCN1/N=C/Br. The summed E-state index contributed by atoms with van der Waals surface area (Å²) in [7, 11) is 0. The van der Waals surface area contributed by atoms with Gasteiger partial charge in [0.05, 0.1) is 5.12 Å².